The lowest BCUT2D eigenvalue weighted by Crippen LogP contribution is -2.46. The molecule has 1 saturated heterocycles. The minimum atomic E-state index is 0.241. The van der Waals surface area contributed by atoms with Gasteiger partial charge in [-0.15, -0.1) is 0 Å². The predicted molar refractivity (Wildman–Crippen MR) is 74.9 cm³/mol. The summed E-state index contributed by atoms with van der Waals surface area (Å²) in [5.41, 5.74) is 6.39. The zero-order chi connectivity index (χ0) is 13.0. The molecule has 3 fully saturated rings. The first kappa shape index (κ1) is 12.0. The van der Waals surface area contributed by atoms with Crippen molar-refractivity contribution in [3.05, 3.63) is 23.7 Å². The topological polar surface area (TPSA) is 42.4 Å². The molecule has 0 bridgehead atoms. The highest BCUT2D eigenvalue weighted by molar-refractivity contribution is 5.21. The van der Waals surface area contributed by atoms with E-state index in [-0.39, 0.29) is 6.04 Å². The number of rotatable bonds is 3. The van der Waals surface area contributed by atoms with E-state index in [0.29, 0.717) is 12.0 Å². The first-order valence-corrected chi connectivity index (χ1v) is 7.85. The van der Waals surface area contributed by atoms with E-state index in [9.17, 15) is 0 Å². The first-order chi connectivity index (χ1) is 9.24. The molecule has 1 aliphatic heterocycles. The van der Waals surface area contributed by atoms with Gasteiger partial charge in [-0.1, -0.05) is 6.92 Å². The molecule has 2 aliphatic carbocycles. The maximum Gasteiger partial charge on any atom is 0.122 e. The van der Waals surface area contributed by atoms with E-state index in [2.05, 4.69) is 24.0 Å². The minimum Gasteiger partial charge on any atom is -0.464 e. The lowest BCUT2D eigenvalue weighted by atomic mass is 9.95. The molecule has 1 aromatic rings. The Morgan fingerprint density at radius 3 is 2.63 bits per heavy atom. The molecule has 1 aromatic heterocycles. The van der Waals surface area contributed by atoms with Crippen LogP contribution in [0, 0.1) is 5.92 Å². The fourth-order valence-corrected chi connectivity index (χ4v) is 3.69. The molecular weight excluding hydrogens is 236 g/mol. The van der Waals surface area contributed by atoms with E-state index < -0.39 is 0 Å². The Hall–Kier alpha value is -0.800. The predicted octanol–water partition coefficient (Wildman–Crippen LogP) is 3.03. The van der Waals surface area contributed by atoms with Crippen molar-refractivity contribution in [2.45, 2.75) is 63.1 Å². The number of furan rings is 1. The maximum absolute atomic E-state index is 6.39. The molecule has 2 N–H and O–H groups in total. The van der Waals surface area contributed by atoms with Crippen LogP contribution in [-0.4, -0.2) is 23.5 Å². The lowest BCUT2D eigenvalue weighted by Gasteiger charge is -2.38. The smallest absolute Gasteiger partial charge is 0.122 e. The van der Waals surface area contributed by atoms with Crippen molar-refractivity contribution in [3.63, 3.8) is 0 Å². The summed E-state index contributed by atoms with van der Waals surface area (Å²) in [6.45, 7) is 3.49. The highest BCUT2D eigenvalue weighted by Crippen LogP contribution is 2.48. The van der Waals surface area contributed by atoms with Gasteiger partial charge in [0.1, 0.15) is 11.5 Å². The van der Waals surface area contributed by atoms with Gasteiger partial charge in [-0.05, 0) is 56.7 Å². The van der Waals surface area contributed by atoms with Gasteiger partial charge in [-0.25, -0.2) is 0 Å². The largest absolute Gasteiger partial charge is 0.464 e. The van der Waals surface area contributed by atoms with E-state index in [1.54, 1.807) is 0 Å². The highest BCUT2D eigenvalue weighted by Gasteiger charge is 2.42. The van der Waals surface area contributed by atoms with Gasteiger partial charge < -0.3 is 10.2 Å². The SMILES string of the molecule is CC1CC1c1ccc(C2C(N)CCCN2C2CC2)o1. The molecule has 104 valence electrons. The summed E-state index contributed by atoms with van der Waals surface area (Å²) < 4.78 is 6.17. The van der Waals surface area contributed by atoms with Gasteiger partial charge in [0.05, 0.1) is 6.04 Å². The summed E-state index contributed by atoms with van der Waals surface area (Å²) in [5.74, 6) is 3.78. The molecule has 2 saturated carbocycles. The van der Waals surface area contributed by atoms with Gasteiger partial charge in [0.25, 0.3) is 0 Å². The van der Waals surface area contributed by atoms with Crippen LogP contribution in [0.3, 0.4) is 0 Å². The minimum absolute atomic E-state index is 0.241. The van der Waals surface area contributed by atoms with E-state index in [1.807, 2.05) is 0 Å². The van der Waals surface area contributed by atoms with Crippen LogP contribution in [-0.2, 0) is 0 Å². The average molecular weight is 260 g/mol. The second-order valence-corrected chi connectivity index (χ2v) is 6.78. The van der Waals surface area contributed by atoms with E-state index >= 15 is 0 Å². The Balaban J connectivity index is 1.58. The fraction of sp³-hybridized carbons (Fsp3) is 0.750. The number of hydrogen-bond donors (Lipinski definition) is 1. The van der Waals surface area contributed by atoms with Gasteiger partial charge in [0.2, 0.25) is 0 Å². The molecule has 0 aromatic carbocycles. The average Bonchev–Trinajstić information content (AvgIpc) is 3.31. The number of nitrogens with two attached hydrogens (primary N) is 1. The van der Waals surface area contributed by atoms with Crippen LogP contribution in [0.5, 0.6) is 0 Å². The van der Waals surface area contributed by atoms with Crippen molar-refractivity contribution in [2.75, 3.05) is 6.54 Å². The van der Waals surface area contributed by atoms with Crippen molar-refractivity contribution in [1.29, 1.82) is 0 Å². The molecule has 2 heterocycles. The molecule has 0 spiro atoms. The second kappa shape index (κ2) is 4.35. The molecule has 0 radical (unpaired) electrons. The molecule has 3 nitrogen and oxygen atoms in total. The first-order valence-electron chi connectivity index (χ1n) is 7.85. The Bertz CT molecular complexity index is 465. The number of hydrogen-bond acceptors (Lipinski definition) is 3. The summed E-state index contributed by atoms with van der Waals surface area (Å²) >= 11 is 0. The van der Waals surface area contributed by atoms with Crippen molar-refractivity contribution in [1.82, 2.24) is 4.90 Å². The summed E-state index contributed by atoms with van der Waals surface area (Å²) in [5, 5.41) is 0. The summed E-state index contributed by atoms with van der Waals surface area (Å²) in [4.78, 5) is 2.60. The normalized spacial score (nSPS) is 39.5. The van der Waals surface area contributed by atoms with Gasteiger partial charge in [0, 0.05) is 18.0 Å². The van der Waals surface area contributed by atoms with Crippen molar-refractivity contribution in [2.24, 2.45) is 11.7 Å². The Morgan fingerprint density at radius 2 is 1.95 bits per heavy atom. The zero-order valence-electron chi connectivity index (χ0n) is 11.7. The highest BCUT2D eigenvalue weighted by atomic mass is 16.3. The third-order valence-electron chi connectivity index (χ3n) is 5.15. The van der Waals surface area contributed by atoms with Crippen LogP contribution in [0.1, 0.15) is 62.5 Å². The van der Waals surface area contributed by atoms with Gasteiger partial charge in [0.15, 0.2) is 0 Å². The van der Waals surface area contributed by atoms with Crippen molar-refractivity contribution in [3.8, 4) is 0 Å². The van der Waals surface area contributed by atoms with Gasteiger partial charge in [-0.2, -0.15) is 0 Å². The standard InChI is InChI=1S/C16H24N2O/c1-10-9-12(10)14-6-7-15(19-14)16-13(17)3-2-8-18(16)11-4-5-11/h6-7,10-13,16H,2-5,8-9,17H2,1H3. The monoisotopic (exact) mass is 260 g/mol. The molecular formula is C16H24N2O. The second-order valence-electron chi connectivity index (χ2n) is 6.78. The van der Waals surface area contributed by atoms with Crippen molar-refractivity contribution >= 4 is 0 Å². The third-order valence-corrected chi connectivity index (χ3v) is 5.15. The van der Waals surface area contributed by atoms with Crippen LogP contribution in [0.2, 0.25) is 0 Å². The van der Waals surface area contributed by atoms with Crippen LogP contribution in [0.25, 0.3) is 0 Å². The van der Waals surface area contributed by atoms with Crippen LogP contribution in [0.15, 0.2) is 16.5 Å². The Morgan fingerprint density at radius 1 is 1.21 bits per heavy atom. The van der Waals surface area contributed by atoms with E-state index in [4.69, 9.17) is 10.2 Å². The third kappa shape index (κ3) is 2.13. The quantitative estimate of drug-likeness (QED) is 0.908. The molecule has 4 atom stereocenters. The van der Waals surface area contributed by atoms with Gasteiger partial charge in [-0.3, -0.25) is 4.90 Å². The van der Waals surface area contributed by atoms with E-state index in [0.717, 1.165) is 24.1 Å². The molecule has 0 amide bonds. The van der Waals surface area contributed by atoms with Gasteiger partial charge >= 0.3 is 0 Å². The Labute approximate surface area is 115 Å². The van der Waals surface area contributed by atoms with Crippen molar-refractivity contribution < 1.29 is 4.42 Å². The molecule has 4 unspecified atom stereocenters. The summed E-state index contributed by atoms with van der Waals surface area (Å²) in [7, 11) is 0. The van der Waals surface area contributed by atoms with E-state index in [1.165, 1.54) is 38.0 Å². The van der Waals surface area contributed by atoms with Crippen LogP contribution in [0.4, 0.5) is 0 Å². The molecule has 19 heavy (non-hydrogen) atoms. The summed E-state index contributed by atoms with van der Waals surface area (Å²) in [6.07, 6.45) is 6.34. The van der Waals surface area contributed by atoms with Crippen LogP contribution >= 0.6 is 0 Å². The van der Waals surface area contributed by atoms with Crippen LogP contribution < -0.4 is 5.73 Å². The Kier molecular flexibility index (Phi) is 2.75. The molecule has 4 rings (SSSR count). The number of piperidine rings is 1. The number of likely N-dealkylation sites (tertiary alicyclic amines) is 1. The molecule has 3 aliphatic rings. The number of nitrogens with zero attached hydrogens (tertiary/aromatic N) is 1. The lowest BCUT2D eigenvalue weighted by molar-refractivity contribution is 0.101. The zero-order valence-corrected chi connectivity index (χ0v) is 11.7. The molecule has 3 heteroatoms. The fourth-order valence-electron chi connectivity index (χ4n) is 3.69. The maximum atomic E-state index is 6.39. The summed E-state index contributed by atoms with van der Waals surface area (Å²) in [6, 6.07) is 5.71.